The predicted molar refractivity (Wildman–Crippen MR) is 106 cm³/mol. The summed E-state index contributed by atoms with van der Waals surface area (Å²) in [7, 11) is 0. The summed E-state index contributed by atoms with van der Waals surface area (Å²) in [6.45, 7) is 8.40. The van der Waals surface area contributed by atoms with Gasteiger partial charge in [0.2, 0.25) is 0 Å². The fraction of sp³-hybridized carbons (Fsp3) is 0.792. The molecule has 3 saturated carbocycles. The zero-order valence-corrected chi connectivity index (χ0v) is 17.8. The second kappa shape index (κ2) is 6.53. The molecule has 0 radical (unpaired) electrons. The maximum Gasteiger partial charge on any atom is 0.306 e. The minimum Gasteiger partial charge on any atom is -0.459 e. The fourth-order valence-electron chi connectivity index (χ4n) is 7.66. The summed E-state index contributed by atoms with van der Waals surface area (Å²) in [6, 6.07) is 0. The van der Waals surface area contributed by atoms with Crippen LogP contribution in [-0.4, -0.2) is 23.6 Å². The summed E-state index contributed by atoms with van der Waals surface area (Å²) in [5.41, 5.74) is 0.193. The van der Waals surface area contributed by atoms with Crippen LogP contribution in [0.15, 0.2) is 11.6 Å². The van der Waals surface area contributed by atoms with Gasteiger partial charge in [0, 0.05) is 18.3 Å². The number of carbonyl (C=O) groups is 3. The quantitative estimate of drug-likeness (QED) is 0.523. The second-order valence-electron chi connectivity index (χ2n) is 10.3. The van der Waals surface area contributed by atoms with Crippen molar-refractivity contribution in [1.29, 1.82) is 0 Å². The van der Waals surface area contributed by atoms with Crippen LogP contribution in [0.2, 0.25) is 0 Å². The highest BCUT2D eigenvalue weighted by Crippen LogP contribution is 2.68. The number of fused-ring (bicyclic) bond motifs is 5. The average molecular weight is 387 g/mol. The van der Waals surface area contributed by atoms with Crippen LogP contribution in [0, 0.1) is 34.5 Å². The minimum atomic E-state index is -0.461. The number of esters is 1. The van der Waals surface area contributed by atoms with Gasteiger partial charge in [-0.1, -0.05) is 26.3 Å². The Balaban J connectivity index is 1.69. The molecular formula is C24H34O4. The summed E-state index contributed by atoms with van der Waals surface area (Å²) < 4.78 is 6.03. The van der Waals surface area contributed by atoms with E-state index in [9.17, 15) is 14.4 Å². The van der Waals surface area contributed by atoms with Gasteiger partial charge in [-0.25, -0.2) is 0 Å². The van der Waals surface area contributed by atoms with E-state index in [2.05, 4.69) is 20.8 Å². The van der Waals surface area contributed by atoms with E-state index in [0.29, 0.717) is 30.6 Å². The van der Waals surface area contributed by atoms with Crippen molar-refractivity contribution in [1.82, 2.24) is 0 Å². The molecular weight excluding hydrogens is 352 g/mol. The molecule has 7 atom stereocenters. The molecule has 4 nitrogen and oxygen atoms in total. The first-order chi connectivity index (χ1) is 13.2. The molecule has 4 aliphatic carbocycles. The number of hydrogen-bond donors (Lipinski definition) is 0. The summed E-state index contributed by atoms with van der Waals surface area (Å²) in [4.78, 5) is 36.8. The highest BCUT2D eigenvalue weighted by atomic mass is 16.6. The van der Waals surface area contributed by atoms with Gasteiger partial charge < -0.3 is 9.53 Å². The van der Waals surface area contributed by atoms with Crippen LogP contribution >= 0.6 is 0 Å². The van der Waals surface area contributed by atoms with Gasteiger partial charge in [0.05, 0.1) is 5.41 Å². The molecule has 4 heteroatoms. The molecule has 4 rings (SSSR count). The van der Waals surface area contributed by atoms with E-state index in [1.807, 2.05) is 6.92 Å². The van der Waals surface area contributed by atoms with E-state index >= 15 is 0 Å². The molecule has 0 aromatic rings. The van der Waals surface area contributed by atoms with Crippen molar-refractivity contribution >= 4 is 18.0 Å². The van der Waals surface area contributed by atoms with Gasteiger partial charge >= 0.3 is 5.97 Å². The van der Waals surface area contributed by atoms with Gasteiger partial charge in [0.1, 0.15) is 11.9 Å². The third-order valence-corrected chi connectivity index (χ3v) is 9.36. The molecule has 3 fully saturated rings. The maximum atomic E-state index is 12.6. The average Bonchev–Trinajstić information content (AvgIpc) is 2.92. The van der Waals surface area contributed by atoms with Crippen LogP contribution in [0.5, 0.6) is 0 Å². The molecule has 4 aliphatic rings. The second-order valence-corrected chi connectivity index (χ2v) is 10.3. The molecule has 0 aliphatic heterocycles. The monoisotopic (exact) mass is 386 g/mol. The molecule has 0 unspecified atom stereocenters. The first-order valence-electron chi connectivity index (χ1n) is 11.1. The Labute approximate surface area is 168 Å². The van der Waals surface area contributed by atoms with Gasteiger partial charge in [0.15, 0.2) is 5.78 Å². The number of carbonyl (C=O) groups excluding carboxylic acids is 3. The van der Waals surface area contributed by atoms with Crippen LogP contribution in [-0.2, 0) is 19.1 Å². The van der Waals surface area contributed by atoms with Crippen molar-refractivity contribution in [2.45, 2.75) is 84.7 Å². The summed E-state index contributed by atoms with van der Waals surface area (Å²) >= 11 is 0. The molecule has 0 amide bonds. The Morgan fingerprint density at radius 2 is 1.93 bits per heavy atom. The standard InChI is InChI=1S/C24H34O4/c1-5-21(27)28-23(4)11-9-19-18-7-6-16-13-17(26)12-15(2)24(16,14-25)20(18)8-10-22(19,23)3/h13-15,18-20H,5-12H2,1-4H3/t15-,18-,19-,20-,22-,23+,24-/m0/s1. The lowest BCUT2D eigenvalue weighted by Crippen LogP contribution is -2.57. The molecule has 0 bridgehead atoms. The molecule has 0 N–H and O–H groups in total. The first-order valence-corrected chi connectivity index (χ1v) is 11.1. The lowest BCUT2D eigenvalue weighted by molar-refractivity contribution is -0.180. The zero-order chi connectivity index (χ0) is 20.3. The lowest BCUT2D eigenvalue weighted by atomic mass is 9.44. The van der Waals surface area contributed by atoms with Gasteiger partial charge in [0.25, 0.3) is 0 Å². The van der Waals surface area contributed by atoms with E-state index < -0.39 is 11.0 Å². The molecule has 154 valence electrons. The van der Waals surface area contributed by atoms with Crippen molar-refractivity contribution in [3.63, 3.8) is 0 Å². The van der Waals surface area contributed by atoms with E-state index in [4.69, 9.17) is 4.74 Å². The number of hydrogen-bond acceptors (Lipinski definition) is 4. The predicted octanol–water partition coefficient (Wildman–Crippen LogP) is 4.66. The molecule has 0 heterocycles. The topological polar surface area (TPSA) is 60.4 Å². The lowest BCUT2D eigenvalue weighted by Gasteiger charge is -2.59. The van der Waals surface area contributed by atoms with Gasteiger partial charge in [-0.3, -0.25) is 9.59 Å². The van der Waals surface area contributed by atoms with E-state index in [1.54, 1.807) is 6.08 Å². The molecule has 0 saturated heterocycles. The maximum absolute atomic E-state index is 12.6. The SMILES string of the molecule is CCC(=O)O[C@]1(C)CC[C@H]2[C@@H]3CCC4=CC(=O)C[C@H](C)[C@]4(C=O)[C@H]3CC[C@@]21C. The van der Waals surface area contributed by atoms with Crippen LogP contribution in [0.4, 0.5) is 0 Å². The van der Waals surface area contributed by atoms with Crippen molar-refractivity contribution in [2.24, 2.45) is 34.5 Å². The van der Waals surface area contributed by atoms with Crippen LogP contribution < -0.4 is 0 Å². The number of ketones is 1. The largest absolute Gasteiger partial charge is 0.459 e. The van der Waals surface area contributed by atoms with E-state index in [1.165, 1.54) is 6.29 Å². The Morgan fingerprint density at radius 1 is 1.21 bits per heavy atom. The van der Waals surface area contributed by atoms with Crippen LogP contribution in [0.1, 0.15) is 79.1 Å². The minimum absolute atomic E-state index is 0.0297. The van der Waals surface area contributed by atoms with Gasteiger partial charge in [-0.2, -0.15) is 0 Å². The van der Waals surface area contributed by atoms with Crippen molar-refractivity contribution < 1.29 is 19.1 Å². The van der Waals surface area contributed by atoms with Crippen molar-refractivity contribution in [3.8, 4) is 0 Å². The normalized spacial score (nSPS) is 47.4. The summed E-state index contributed by atoms with van der Waals surface area (Å²) in [5.74, 6) is 1.42. The molecule has 0 aromatic heterocycles. The molecule has 0 aromatic carbocycles. The highest BCUT2D eigenvalue weighted by molar-refractivity contribution is 5.94. The Bertz CT molecular complexity index is 739. The fourth-order valence-corrected chi connectivity index (χ4v) is 7.66. The van der Waals surface area contributed by atoms with Crippen LogP contribution in [0.3, 0.4) is 0 Å². The summed E-state index contributed by atoms with van der Waals surface area (Å²) in [6.07, 6.45) is 9.72. The Hall–Kier alpha value is -1.45. The number of rotatable bonds is 3. The number of ether oxygens (including phenoxy) is 1. The van der Waals surface area contributed by atoms with E-state index in [-0.39, 0.29) is 23.1 Å². The zero-order valence-electron chi connectivity index (χ0n) is 17.8. The molecule has 0 spiro atoms. The van der Waals surface area contributed by atoms with Gasteiger partial charge in [-0.05, 0) is 75.2 Å². The highest BCUT2D eigenvalue weighted by Gasteiger charge is 2.65. The van der Waals surface area contributed by atoms with E-state index in [0.717, 1.165) is 44.1 Å². The third-order valence-electron chi connectivity index (χ3n) is 9.36. The summed E-state index contributed by atoms with van der Waals surface area (Å²) in [5, 5.41) is 0. The van der Waals surface area contributed by atoms with Crippen molar-refractivity contribution in [3.05, 3.63) is 11.6 Å². The smallest absolute Gasteiger partial charge is 0.306 e. The number of aldehydes is 1. The number of allylic oxidation sites excluding steroid dienone is 1. The first kappa shape index (κ1) is 19.8. The van der Waals surface area contributed by atoms with Gasteiger partial charge in [-0.15, -0.1) is 0 Å². The third kappa shape index (κ3) is 2.45. The Morgan fingerprint density at radius 3 is 2.61 bits per heavy atom. The van der Waals surface area contributed by atoms with Crippen LogP contribution in [0.25, 0.3) is 0 Å². The Kier molecular flexibility index (Phi) is 4.63. The molecule has 28 heavy (non-hydrogen) atoms. The van der Waals surface area contributed by atoms with Crippen molar-refractivity contribution in [2.75, 3.05) is 0 Å².